The molecule has 1 aliphatic rings. The fourth-order valence-corrected chi connectivity index (χ4v) is 3.50. The van der Waals surface area contributed by atoms with Crippen LogP contribution in [-0.4, -0.2) is 27.0 Å². The van der Waals surface area contributed by atoms with E-state index in [2.05, 4.69) is 15.2 Å². The molecular formula is C21H17ClN4O3. The van der Waals surface area contributed by atoms with Gasteiger partial charge in [0.2, 0.25) is 5.82 Å². The molecule has 4 aromatic rings. The topological polar surface area (TPSA) is 75.2 Å². The van der Waals surface area contributed by atoms with Crippen molar-refractivity contribution in [1.29, 1.82) is 0 Å². The number of halogens is 1. The fourth-order valence-electron chi connectivity index (χ4n) is 3.38. The Bertz CT molecular complexity index is 1150. The van der Waals surface area contributed by atoms with Gasteiger partial charge in [0, 0.05) is 5.02 Å². The maximum atomic E-state index is 6.00. The zero-order chi connectivity index (χ0) is 19.8. The van der Waals surface area contributed by atoms with Crippen LogP contribution in [0.25, 0.3) is 23.0 Å². The number of nitrogens with zero attached hydrogens (tertiary/aromatic N) is 4. The average Bonchev–Trinajstić information content (AvgIpc) is 3.41. The Labute approximate surface area is 171 Å². The minimum Gasteiger partial charge on any atom is -0.496 e. The molecule has 0 saturated carbocycles. The standard InChI is InChI=1S/C21H17ClN4O3/c1-27-18-5-3-2-4-16(18)20-23-21(29-25-20)17-10-15-12-28-19(11-26(15)24-17)13-6-8-14(22)9-7-13/h2-10,19H,11-12H2,1H3/t19-/m0/s1. The molecule has 2 aromatic heterocycles. The summed E-state index contributed by atoms with van der Waals surface area (Å²) in [5.41, 5.74) is 3.41. The van der Waals surface area contributed by atoms with Gasteiger partial charge in [-0.2, -0.15) is 10.1 Å². The number of para-hydroxylation sites is 1. The van der Waals surface area contributed by atoms with E-state index in [1.807, 2.05) is 59.3 Å². The first kappa shape index (κ1) is 17.9. The average molecular weight is 409 g/mol. The molecule has 0 fully saturated rings. The van der Waals surface area contributed by atoms with Crippen molar-refractivity contribution < 1.29 is 14.0 Å². The predicted octanol–water partition coefficient (Wildman–Crippen LogP) is 4.53. The highest BCUT2D eigenvalue weighted by molar-refractivity contribution is 6.30. The Morgan fingerprint density at radius 2 is 1.97 bits per heavy atom. The summed E-state index contributed by atoms with van der Waals surface area (Å²) in [7, 11) is 1.61. The van der Waals surface area contributed by atoms with E-state index in [1.54, 1.807) is 7.11 Å². The van der Waals surface area contributed by atoms with Gasteiger partial charge >= 0.3 is 0 Å². The van der Waals surface area contributed by atoms with Crippen LogP contribution in [-0.2, 0) is 17.9 Å². The molecule has 0 bridgehead atoms. The monoisotopic (exact) mass is 408 g/mol. The third-order valence-electron chi connectivity index (χ3n) is 4.87. The molecule has 0 amide bonds. The molecule has 29 heavy (non-hydrogen) atoms. The van der Waals surface area contributed by atoms with Crippen molar-refractivity contribution in [2.75, 3.05) is 7.11 Å². The highest BCUT2D eigenvalue weighted by Crippen LogP contribution is 2.31. The number of methoxy groups -OCH3 is 1. The SMILES string of the molecule is COc1ccccc1-c1noc(-c2cc3n(n2)C[C@@H](c2ccc(Cl)cc2)OC3)n1. The van der Waals surface area contributed by atoms with Gasteiger partial charge in [0.15, 0.2) is 5.69 Å². The Kier molecular flexibility index (Phi) is 4.54. The van der Waals surface area contributed by atoms with Crippen molar-refractivity contribution in [1.82, 2.24) is 19.9 Å². The van der Waals surface area contributed by atoms with Crippen molar-refractivity contribution in [2.45, 2.75) is 19.3 Å². The number of rotatable bonds is 4. The van der Waals surface area contributed by atoms with Crippen LogP contribution in [0.3, 0.4) is 0 Å². The van der Waals surface area contributed by atoms with E-state index >= 15 is 0 Å². The third-order valence-corrected chi connectivity index (χ3v) is 5.12. The van der Waals surface area contributed by atoms with Gasteiger partial charge in [-0.25, -0.2) is 0 Å². The largest absolute Gasteiger partial charge is 0.496 e. The molecule has 8 heteroatoms. The first-order valence-electron chi connectivity index (χ1n) is 9.12. The lowest BCUT2D eigenvalue weighted by molar-refractivity contribution is -0.00112. The van der Waals surface area contributed by atoms with Crippen LogP contribution in [0.1, 0.15) is 17.4 Å². The van der Waals surface area contributed by atoms with Crippen molar-refractivity contribution in [2.24, 2.45) is 0 Å². The van der Waals surface area contributed by atoms with E-state index in [-0.39, 0.29) is 6.10 Å². The maximum absolute atomic E-state index is 6.00. The number of aromatic nitrogens is 4. The molecular weight excluding hydrogens is 392 g/mol. The van der Waals surface area contributed by atoms with Crippen LogP contribution in [0.5, 0.6) is 5.75 Å². The maximum Gasteiger partial charge on any atom is 0.278 e. The highest BCUT2D eigenvalue weighted by atomic mass is 35.5. The van der Waals surface area contributed by atoms with E-state index in [0.717, 1.165) is 16.8 Å². The molecule has 0 radical (unpaired) electrons. The predicted molar refractivity (Wildman–Crippen MR) is 106 cm³/mol. The second kappa shape index (κ2) is 7.35. The van der Waals surface area contributed by atoms with Crippen molar-refractivity contribution in [3.63, 3.8) is 0 Å². The number of hydrogen-bond acceptors (Lipinski definition) is 6. The van der Waals surface area contributed by atoms with Gasteiger partial charge in [0.1, 0.15) is 11.9 Å². The molecule has 0 spiro atoms. The van der Waals surface area contributed by atoms with E-state index in [9.17, 15) is 0 Å². The summed E-state index contributed by atoms with van der Waals surface area (Å²) in [4.78, 5) is 4.50. The molecule has 1 aliphatic heterocycles. The summed E-state index contributed by atoms with van der Waals surface area (Å²) >= 11 is 5.98. The van der Waals surface area contributed by atoms with Crippen LogP contribution in [0.15, 0.2) is 59.1 Å². The van der Waals surface area contributed by atoms with Gasteiger partial charge in [0.05, 0.1) is 31.5 Å². The van der Waals surface area contributed by atoms with Gasteiger partial charge < -0.3 is 14.0 Å². The zero-order valence-corrected chi connectivity index (χ0v) is 16.3. The van der Waals surface area contributed by atoms with Crippen LogP contribution >= 0.6 is 11.6 Å². The molecule has 3 heterocycles. The second-order valence-corrected chi connectivity index (χ2v) is 7.11. The van der Waals surface area contributed by atoms with Gasteiger partial charge in [-0.15, -0.1) is 0 Å². The van der Waals surface area contributed by atoms with Gasteiger partial charge in [-0.05, 0) is 35.9 Å². The normalized spacial score (nSPS) is 15.9. The molecule has 0 N–H and O–H groups in total. The number of benzene rings is 2. The lowest BCUT2D eigenvalue weighted by Crippen LogP contribution is -2.21. The molecule has 7 nitrogen and oxygen atoms in total. The summed E-state index contributed by atoms with van der Waals surface area (Å²) < 4.78 is 18.8. The Morgan fingerprint density at radius 3 is 2.79 bits per heavy atom. The minimum atomic E-state index is -0.0839. The summed E-state index contributed by atoms with van der Waals surface area (Å²) in [6.45, 7) is 1.05. The minimum absolute atomic E-state index is 0.0839. The van der Waals surface area contributed by atoms with Crippen LogP contribution in [0, 0.1) is 0 Å². The Morgan fingerprint density at radius 1 is 1.14 bits per heavy atom. The summed E-state index contributed by atoms with van der Waals surface area (Å²) in [5, 5.41) is 9.44. The van der Waals surface area contributed by atoms with Gasteiger partial charge in [0.25, 0.3) is 5.89 Å². The van der Waals surface area contributed by atoms with Gasteiger partial charge in [-0.3, -0.25) is 4.68 Å². The summed E-state index contributed by atoms with van der Waals surface area (Å²) in [6, 6.07) is 17.1. The van der Waals surface area contributed by atoms with Crippen molar-refractivity contribution in [3.8, 4) is 28.7 Å². The first-order chi connectivity index (χ1) is 14.2. The van der Waals surface area contributed by atoms with Crippen molar-refractivity contribution in [3.05, 3.63) is 70.9 Å². The number of ether oxygens (including phenoxy) is 2. The van der Waals surface area contributed by atoms with Crippen LogP contribution in [0.2, 0.25) is 5.02 Å². The van der Waals surface area contributed by atoms with Crippen molar-refractivity contribution >= 4 is 11.6 Å². The fraction of sp³-hybridized carbons (Fsp3) is 0.190. The smallest absolute Gasteiger partial charge is 0.278 e. The Balaban J connectivity index is 1.41. The molecule has 0 saturated heterocycles. The highest BCUT2D eigenvalue weighted by Gasteiger charge is 2.24. The number of fused-ring (bicyclic) bond motifs is 1. The third kappa shape index (κ3) is 3.39. The lowest BCUT2D eigenvalue weighted by atomic mass is 10.1. The molecule has 1 atom stereocenters. The van der Waals surface area contributed by atoms with E-state index in [4.69, 9.17) is 25.6 Å². The Hall–Kier alpha value is -3.16. The molecule has 5 rings (SSSR count). The van der Waals surface area contributed by atoms with E-state index in [1.165, 1.54) is 0 Å². The van der Waals surface area contributed by atoms with E-state index < -0.39 is 0 Å². The second-order valence-electron chi connectivity index (χ2n) is 6.68. The van der Waals surface area contributed by atoms with Crippen LogP contribution < -0.4 is 4.74 Å². The number of hydrogen-bond donors (Lipinski definition) is 0. The molecule has 0 unspecified atom stereocenters. The molecule has 2 aromatic carbocycles. The van der Waals surface area contributed by atoms with Gasteiger partial charge in [-0.1, -0.05) is 41.0 Å². The zero-order valence-electron chi connectivity index (χ0n) is 15.6. The quantitative estimate of drug-likeness (QED) is 0.493. The molecule has 146 valence electrons. The van der Waals surface area contributed by atoms with E-state index in [0.29, 0.717) is 41.3 Å². The molecule has 0 aliphatic carbocycles. The van der Waals surface area contributed by atoms with Crippen LogP contribution in [0.4, 0.5) is 0 Å². The lowest BCUT2D eigenvalue weighted by Gasteiger charge is -2.24. The summed E-state index contributed by atoms with van der Waals surface area (Å²) in [5.74, 6) is 1.50. The summed E-state index contributed by atoms with van der Waals surface area (Å²) in [6.07, 6.45) is -0.0839. The first-order valence-corrected chi connectivity index (χ1v) is 9.50.